The normalized spacial score (nSPS) is 17.1. The number of methoxy groups -OCH3 is 2. The second kappa shape index (κ2) is 11.8. The van der Waals surface area contributed by atoms with Crippen LogP contribution in [0.2, 0.25) is 0 Å². The molecule has 0 saturated heterocycles. The van der Waals surface area contributed by atoms with Crippen molar-refractivity contribution in [2.45, 2.75) is 19.1 Å². The predicted octanol–water partition coefficient (Wildman–Crippen LogP) is 1.92. The molecule has 36 heavy (non-hydrogen) atoms. The highest BCUT2D eigenvalue weighted by atomic mass is 16.5. The van der Waals surface area contributed by atoms with Crippen LogP contribution in [0.5, 0.6) is 11.5 Å². The first-order valence-corrected chi connectivity index (χ1v) is 11.7. The number of aliphatic hydroxyl groups excluding tert-OH is 1. The summed E-state index contributed by atoms with van der Waals surface area (Å²) in [7, 11) is 5.23. The lowest BCUT2D eigenvalue weighted by Crippen LogP contribution is -2.47. The van der Waals surface area contributed by atoms with E-state index in [0.717, 1.165) is 33.8 Å². The van der Waals surface area contributed by atoms with E-state index < -0.39 is 6.04 Å². The van der Waals surface area contributed by atoms with Gasteiger partial charge < -0.3 is 30.1 Å². The molecule has 1 aliphatic heterocycles. The van der Waals surface area contributed by atoms with E-state index in [0.29, 0.717) is 37.9 Å². The maximum Gasteiger partial charge on any atom is 0.239 e. The molecule has 0 aliphatic carbocycles. The van der Waals surface area contributed by atoms with Crippen LogP contribution in [0, 0.1) is 0 Å². The summed E-state index contributed by atoms with van der Waals surface area (Å²) in [4.78, 5) is 23.9. The maximum absolute atomic E-state index is 12.7. The molecule has 6 bridgehead atoms. The molecule has 0 saturated carbocycles. The highest BCUT2D eigenvalue weighted by Gasteiger charge is 2.18. The number of anilines is 2. The molecule has 10 nitrogen and oxygen atoms in total. The fraction of sp³-hybridized carbons (Fsp3) is 0.346. The van der Waals surface area contributed by atoms with Crippen LogP contribution in [0.15, 0.2) is 48.7 Å². The quantitative estimate of drug-likeness (QED) is 0.434. The van der Waals surface area contributed by atoms with Crippen LogP contribution in [0.4, 0.5) is 11.6 Å². The van der Waals surface area contributed by atoms with Crippen molar-refractivity contribution in [1.29, 1.82) is 0 Å². The van der Waals surface area contributed by atoms with Crippen molar-refractivity contribution in [3.8, 4) is 22.8 Å². The van der Waals surface area contributed by atoms with Crippen LogP contribution in [0.25, 0.3) is 11.3 Å². The molecule has 10 heteroatoms. The number of hydrogen-bond acceptors (Lipinski definition) is 9. The molecule has 1 aliphatic rings. The molecule has 0 fully saturated rings. The molecule has 4 N–H and O–H groups in total. The molecule has 190 valence electrons. The number of aromatic nitrogens is 2. The monoisotopic (exact) mass is 492 g/mol. The fourth-order valence-electron chi connectivity index (χ4n) is 4.07. The van der Waals surface area contributed by atoms with Gasteiger partial charge in [0.1, 0.15) is 17.5 Å². The van der Waals surface area contributed by atoms with Gasteiger partial charge in [0.05, 0.1) is 26.5 Å². The van der Waals surface area contributed by atoms with E-state index in [2.05, 4.69) is 31.9 Å². The molecule has 1 amide bonds. The minimum atomic E-state index is -0.739. The Morgan fingerprint density at radius 1 is 1.14 bits per heavy atom. The SMILES string of the molecule is COc1cc2cc(c1)Nc1nccc(n1)-c1ccc(OC)c(c1)CN(C)CCNC(=O)[C@H](CO)NC2. The third kappa shape index (κ3) is 6.28. The molecule has 2 aromatic carbocycles. The molecule has 0 unspecified atom stereocenters. The minimum Gasteiger partial charge on any atom is -0.497 e. The summed E-state index contributed by atoms with van der Waals surface area (Å²) in [6.07, 6.45) is 1.72. The van der Waals surface area contributed by atoms with E-state index in [9.17, 15) is 9.90 Å². The number of rotatable bonds is 3. The number of benzene rings is 2. The largest absolute Gasteiger partial charge is 0.497 e. The van der Waals surface area contributed by atoms with Gasteiger partial charge in [0.15, 0.2) is 0 Å². The zero-order chi connectivity index (χ0) is 25.5. The van der Waals surface area contributed by atoms with Gasteiger partial charge in [-0.1, -0.05) is 0 Å². The third-order valence-electron chi connectivity index (χ3n) is 5.97. The molecule has 1 atom stereocenters. The van der Waals surface area contributed by atoms with Crippen molar-refractivity contribution in [3.05, 3.63) is 59.8 Å². The number of nitrogens with one attached hydrogen (secondary N) is 3. The molecule has 2 heterocycles. The highest BCUT2D eigenvalue weighted by Crippen LogP contribution is 2.28. The first-order chi connectivity index (χ1) is 17.5. The summed E-state index contributed by atoms with van der Waals surface area (Å²) in [5, 5.41) is 19.1. The molecular weight excluding hydrogens is 460 g/mol. The molecule has 3 aromatic rings. The molecule has 4 rings (SSSR count). The lowest BCUT2D eigenvalue weighted by atomic mass is 10.1. The smallest absolute Gasteiger partial charge is 0.239 e. The molecule has 1 aromatic heterocycles. The number of nitrogens with zero attached hydrogens (tertiary/aromatic N) is 3. The van der Waals surface area contributed by atoms with E-state index in [4.69, 9.17) is 14.5 Å². The number of ether oxygens (including phenoxy) is 2. The van der Waals surface area contributed by atoms with Gasteiger partial charge in [-0.2, -0.15) is 0 Å². The first kappa shape index (κ1) is 25.4. The van der Waals surface area contributed by atoms with Gasteiger partial charge in [0, 0.05) is 55.3 Å². The predicted molar refractivity (Wildman–Crippen MR) is 137 cm³/mol. The standard InChI is InChI=1S/C26H32N6O4/c1-32-9-8-27-25(34)23(16-33)29-14-17-10-20(13-21(11-17)35-2)30-26-28-7-6-22(31-26)18-4-5-24(36-3)19(12-18)15-32/h4-7,10-13,23,29,33H,8-9,14-16H2,1-3H3,(H,27,34)(H,28,30,31)/t23-/m0/s1. The number of carbonyl (C=O) groups is 1. The highest BCUT2D eigenvalue weighted by molar-refractivity contribution is 5.81. The maximum atomic E-state index is 12.7. The Morgan fingerprint density at radius 3 is 2.78 bits per heavy atom. The number of hydrogen-bond donors (Lipinski definition) is 4. The zero-order valence-corrected chi connectivity index (χ0v) is 20.7. The number of likely N-dealkylation sites (N-methyl/N-ethyl adjacent to an activating group) is 1. The van der Waals surface area contributed by atoms with E-state index in [1.807, 2.05) is 43.4 Å². The summed E-state index contributed by atoms with van der Waals surface area (Å²) >= 11 is 0. The van der Waals surface area contributed by atoms with Gasteiger partial charge >= 0.3 is 0 Å². The number of fused-ring (bicyclic) bond motifs is 7. The summed E-state index contributed by atoms with van der Waals surface area (Å²) in [5.74, 6) is 1.61. The van der Waals surface area contributed by atoms with Crippen LogP contribution in [-0.4, -0.2) is 72.9 Å². The van der Waals surface area contributed by atoms with Crippen LogP contribution in [0.3, 0.4) is 0 Å². The fourth-order valence-corrected chi connectivity index (χ4v) is 4.07. The molecule has 0 spiro atoms. The van der Waals surface area contributed by atoms with Crippen molar-refractivity contribution >= 4 is 17.5 Å². The summed E-state index contributed by atoms with van der Waals surface area (Å²) in [6.45, 7) is 1.73. The second-order valence-electron chi connectivity index (χ2n) is 8.63. The Kier molecular flexibility index (Phi) is 8.32. The van der Waals surface area contributed by atoms with Crippen LogP contribution in [-0.2, 0) is 17.9 Å². The first-order valence-electron chi connectivity index (χ1n) is 11.7. The van der Waals surface area contributed by atoms with Crippen molar-refractivity contribution in [2.24, 2.45) is 0 Å². The average Bonchev–Trinajstić information content (AvgIpc) is 2.88. The van der Waals surface area contributed by atoms with E-state index >= 15 is 0 Å². The number of aliphatic hydroxyl groups is 1. The Hall–Kier alpha value is -3.73. The van der Waals surface area contributed by atoms with Gasteiger partial charge in [-0.3, -0.25) is 10.1 Å². The minimum absolute atomic E-state index is 0.255. The van der Waals surface area contributed by atoms with Gasteiger partial charge in [0.25, 0.3) is 0 Å². The van der Waals surface area contributed by atoms with Crippen molar-refractivity contribution in [3.63, 3.8) is 0 Å². The average molecular weight is 493 g/mol. The molecular formula is C26H32N6O4. The van der Waals surface area contributed by atoms with Crippen LogP contribution in [0.1, 0.15) is 11.1 Å². The lowest BCUT2D eigenvalue weighted by molar-refractivity contribution is -0.124. The van der Waals surface area contributed by atoms with Crippen molar-refractivity contribution < 1.29 is 19.4 Å². The van der Waals surface area contributed by atoms with Crippen molar-refractivity contribution in [2.75, 3.05) is 46.3 Å². The van der Waals surface area contributed by atoms with Crippen LogP contribution < -0.4 is 25.4 Å². The Balaban J connectivity index is 1.72. The topological polar surface area (TPSA) is 121 Å². The van der Waals surface area contributed by atoms with Crippen molar-refractivity contribution in [1.82, 2.24) is 25.5 Å². The van der Waals surface area contributed by atoms with E-state index in [1.54, 1.807) is 20.4 Å². The zero-order valence-electron chi connectivity index (χ0n) is 20.7. The Morgan fingerprint density at radius 2 is 2.00 bits per heavy atom. The summed E-state index contributed by atoms with van der Waals surface area (Å²) in [6, 6.07) is 12.7. The number of carbonyl (C=O) groups excluding carboxylic acids is 1. The summed E-state index contributed by atoms with van der Waals surface area (Å²) < 4.78 is 11.0. The third-order valence-corrected chi connectivity index (χ3v) is 5.97. The van der Waals surface area contributed by atoms with E-state index in [-0.39, 0.29) is 12.5 Å². The number of amides is 1. The Labute approximate surface area is 210 Å². The van der Waals surface area contributed by atoms with Gasteiger partial charge in [-0.05, 0) is 49.0 Å². The molecule has 0 radical (unpaired) electrons. The van der Waals surface area contributed by atoms with Gasteiger partial charge in [0.2, 0.25) is 11.9 Å². The van der Waals surface area contributed by atoms with Gasteiger partial charge in [-0.25, -0.2) is 9.97 Å². The van der Waals surface area contributed by atoms with Crippen LogP contribution >= 0.6 is 0 Å². The lowest BCUT2D eigenvalue weighted by Gasteiger charge is -2.21. The second-order valence-corrected chi connectivity index (χ2v) is 8.63. The Bertz CT molecular complexity index is 1200. The summed E-state index contributed by atoms with van der Waals surface area (Å²) in [5.41, 5.74) is 4.33. The van der Waals surface area contributed by atoms with Gasteiger partial charge in [-0.15, -0.1) is 0 Å². The van der Waals surface area contributed by atoms with E-state index in [1.165, 1.54) is 0 Å².